The Kier molecular flexibility index (Phi) is 7.64. The quantitative estimate of drug-likeness (QED) is 0.653. The third-order valence-corrected chi connectivity index (χ3v) is 2.71. The van der Waals surface area contributed by atoms with E-state index in [1.807, 2.05) is 6.92 Å². The number of anilines is 2. The molecular weight excluding hydrogens is 258 g/mol. The van der Waals surface area contributed by atoms with Crippen molar-refractivity contribution in [3.63, 3.8) is 0 Å². The summed E-state index contributed by atoms with van der Waals surface area (Å²) in [6.07, 6.45) is 0.805. The maximum atomic E-state index is 5.57. The van der Waals surface area contributed by atoms with Crippen molar-refractivity contribution in [2.24, 2.45) is 0 Å². The van der Waals surface area contributed by atoms with E-state index in [4.69, 9.17) is 9.47 Å². The van der Waals surface area contributed by atoms with Gasteiger partial charge in [-0.2, -0.15) is 15.0 Å². The molecule has 0 atom stereocenters. The van der Waals surface area contributed by atoms with Crippen molar-refractivity contribution >= 4 is 11.9 Å². The molecule has 7 heteroatoms. The van der Waals surface area contributed by atoms with Crippen LogP contribution in [0.2, 0.25) is 0 Å². The molecule has 1 aromatic heterocycles. The lowest BCUT2D eigenvalue weighted by Crippen LogP contribution is -2.25. The van der Waals surface area contributed by atoms with E-state index < -0.39 is 0 Å². The number of nitrogens with one attached hydrogen (secondary N) is 1. The molecule has 0 aliphatic carbocycles. The highest BCUT2D eigenvalue weighted by atomic mass is 16.5. The van der Waals surface area contributed by atoms with Crippen molar-refractivity contribution in [1.82, 2.24) is 15.0 Å². The van der Waals surface area contributed by atoms with Gasteiger partial charge in [0.1, 0.15) is 0 Å². The second-order valence-electron chi connectivity index (χ2n) is 4.14. The summed E-state index contributed by atoms with van der Waals surface area (Å²) < 4.78 is 10.6. The Morgan fingerprint density at radius 3 is 2.40 bits per heavy atom. The van der Waals surface area contributed by atoms with Gasteiger partial charge in [0.05, 0.1) is 6.61 Å². The lowest BCUT2D eigenvalue weighted by atomic mass is 10.5. The molecule has 1 aromatic rings. The monoisotopic (exact) mass is 283 g/mol. The van der Waals surface area contributed by atoms with E-state index >= 15 is 0 Å². The fourth-order valence-electron chi connectivity index (χ4n) is 1.66. The van der Waals surface area contributed by atoms with Crippen LogP contribution in [-0.4, -0.2) is 54.9 Å². The van der Waals surface area contributed by atoms with Gasteiger partial charge in [0.25, 0.3) is 0 Å². The predicted octanol–water partition coefficient (Wildman–Crippen LogP) is 1.56. The van der Waals surface area contributed by atoms with E-state index in [9.17, 15) is 0 Å². The zero-order valence-corrected chi connectivity index (χ0v) is 12.8. The van der Waals surface area contributed by atoms with Gasteiger partial charge in [-0.1, -0.05) is 0 Å². The van der Waals surface area contributed by atoms with Crippen LogP contribution >= 0.6 is 0 Å². The highest BCUT2D eigenvalue weighted by Crippen LogP contribution is 2.15. The van der Waals surface area contributed by atoms with Crippen LogP contribution in [0.3, 0.4) is 0 Å². The molecule has 0 amide bonds. The number of rotatable bonds is 10. The molecule has 0 aromatic carbocycles. The fraction of sp³-hybridized carbons (Fsp3) is 0.769. The van der Waals surface area contributed by atoms with E-state index in [1.54, 1.807) is 7.11 Å². The van der Waals surface area contributed by atoms with Gasteiger partial charge in [-0.25, -0.2) is 0 Å². The van der Waals surface area contributed by atoms with Crippen molar-refractivity contribution < 1.29 is 9.47 Å². The SMILES string of the molecule is CCNc1nc(OCCCOC)nc(N(CC)CC)n1. The van der Waals surface area contributed by atoms with Crippen LogP contribution in [-0.2, 0) is 4.74 Å². The summed E-state index contributed by atoms with van der Waals surface area (Å²) in [6.45, 7) is 9.77. The minimum atomic E-state index is 0.356. The largest absolute Gasteiger partial charge is 0.463 e. The van der Waals surface area contributed by atoms with E-state index in [-0.39, 0.29) is 0 Å². The van der Waals surface area contributed by atoms with E-state index in [2.05, 4.69) is 39.0 Å². The molecule has 0 saturated carbocycles. The molecule has 0 unspecified atom stereocenters. The summed E-state index contributed by atoms with van der Waals surface area (Å²) in [5, 5.41) is 3.10. The van der Waals surface area contributed by atoms with Crippen LogP contribution in [0.1, 0.15) is 27.2 Å². The first-order valence-corrected chi connectivity index (χ1v) is 7.11. The van der Waals surface area contributed by atoms with E-state index in [0.29, 0.717) is 31.1 Å². The molecule has 0 aliphatic rings. The topological polar surface area (TPSA) is 72.4 Å². The van der Waals surface area contributed by atoms with Crippen LogP contribution in [0, 0.1) is 0 Å². The number of nitrogens with zero attached hydrogens (tertiary/aromatic N) is 4. The lowest BCUT2D eigenvalue weighted by molar-refractivity contribution is 0.168. The number of hydrogen-bond acceptors (Lipinski definition) is 7. The van der Waals surface area contributed by atoms with Gasteiger partial charge in [0.2, 0.25) is 11.9 Å². The van der Waals surface area contributed by atoms with Gasteiger partial charge < -0.3 is 19.7 Å². The lowest BCUT2D eigenvalue weighted by Gasteiger charge is -2.19. The maximum Gasteiger partial charge on any atom is 0.323 e. The normalized spacial score (nSPS) is 10.4. The number of ether oxygens (including phenoxy) is 2. The molecule has 0 saturated heterocycles. The fourth-order valence-corrected chi connectivity index (χ4v) is 1.66. The first-order chi connectivity index (χ1) is 9.74. The van der Waals surface area contributed by atoms with Crippen LogP contribution in [0.4, 0.5) is 11.9 Å². The Morgan fingerprint density at radius 1 is 1.05 bits per heavy atom. The number of aromatic nitrogens is 3. The van der Waals surface area contributed by atoms with E-state index in [0.717, 1.165) is 26.1 Å². The number of hydrogen-bond donors (Lipinski definition) is 1. The van der Waals surface area contributed by atoms with Crippen LogP contribution < -0.4 is 15.0 Å². The molecular formula is C13H25N5O2. The molecule has 0 bridgehead atoms. The second-order valence-corrected chi connectivity index (χ2v) is 4.14. The third kappa shape index (κ3) is 5.16. The molecule has 1 rings (SSSR count). The maximum absolute atomic E-state index is 5.57. The van der Waals surface area contributed by atoms with Crippen molar-refractivity contribution in [1.29, 1.82) is 0 Å². The van der Waals surface area contributed by atoms with Crippen molar-refractivity contribution in [2.75, 3.05) is 50.2 Å². The molecule has 1 N–H and O–H groups in total. The number of methoxy groups -OCH3 is 1. The van der Waals surface area contributed by atoms with Gasteiger partial charge in [0, 0.05) is 39.8 Å². The molecule has 0 aliphatic heterocycles. The van der Waals surface area contributed by atoms with Gasteiger partial charge in [0.15, 0.2) is 0 Å². The minimum absolute atomic E-state index is 0.356. The zero-order valence-electron chi connectivity index (χ0n) is 12.8. The summed E-state index contributed by atoms with van der Waals surface area (Å²) in [4.78, 5) is 15.1. The molecule has 0 radical (unpaired) electrons. The molecule has 0 spiro atoms. The summed E-state index contributed by atoms with van der Waals surface area (Å²) in [5.74, 6) is 1.19. The van der Waals surface area contributed by atoms with Gasteiger partial charge in [-0.3, -0.25) is 0 Å². The predicted molar refractivity (Wildman–Crippen MR) is 79.5 cm³/mol. The summed E-state index contributed by atoms with van der Waals surface area (Å²) in [5.41, 5.74) is 0. The highest BCUT2D eigenvalue weighted by molar-refractivity contribution is 5.38. The van der Waals surface area contributed by atoms with E-state index in [1.165, 1.54) is 0 Å². The van der Waals surface area contributed by atoms with Crippen LogP contribution in [0.5, 0.6) is 6.01 Å². The first kappa shape index (κ1) is 16.4. The highest BCUT2D eigenvalue weighted by Gasteiger charge is 2.11. The molecule has 114 valence electrons. The smallest absolute Gasteiger partial charge is 0.323 e. The Bertz CT molecular complexity index is 385. The Morgan fingerprint density at radius 2 is 1.80 bits per heavy atom. The van der Waals surface area contributed by atoms with Crippen molar-refractivity contribution in [3.05, 3.63) is 0 Å². The minimum Gasteiger partial charge on any atom is -0.463 e. The third-order valence-electron chi connectivity index (χ3n) is 2.71. The Hall–Kier alpha value is -1.63. The van der Waals surface area contributed by atoms with Gasteiger partial charge in [-0.15, -0.1) is 0 Å². The summed E-state index contributed by atoms with van der Waals surface area (Å²) >= 11 is 0. The summed E-state index contributed by atoms with van der Waals surface area (Å²) in [7, 11) is 1.67. The van der Waals surface area contributed by atoms with Gasteiger partial charge >= 0.3 is 6.01 Å². The van der Waals surface area contributed by atoms with Gasteiger partial charge in [-0.05, 0) is 20.8 Å². The summed E-state index contributed by atoms with van der Waals surface area (Å²) in [6, 6.07) is 0.356. The first-order valence-electron chi connectivity index (χ1n) is 7.11. The standard InChI is InChI=1S/C13H25N5O2/c1-5-14-11-15-12(18(6-2)7-3)17-13(16-11)20-10-8-9-19-4/h5-10H2,1-4H3,(H,14,15,16,17). The van der Waals surface area contributed by atoms with Crippen LogP contribution in [0.25, 0.3) is 0 Å². The molecule has 7 nitrogen and oxygen atoms in total. The second kappa shape index (κ2) is 9.30. The molecule has 0 fully saturated rings. The van der Waals surface area contributed by atoms with Crippen molar-refractivity contribution in [3.8, 4) is 6.01 Å². The average molecular weight is 283 g/mol. The van der Waals surface area contributed by atoms with Crippen LogP contribution in [0.15, 0.2) is 0 Å². The zero-order chi connectivity index (χ0) is 14.8. The Balaban J connectivity index is 2.80. The average Bonchev–Trinajstić information content (AvgIpc) is 2.45. The van der Waals surface area contributed by atoms with Crippen molar-refractivity contribution in [2.45, 2.75) is 27.2 Å². The molecule has 20 heavy (non-hydrogen) atoms. The molecule has 1 heterocycles. The Labute approximate surface area is 120 Å².